The third kappa shape index (κ3) is 2.23. The zero-order valence-corrected chi connectivity index (χ0v) is 9.85. The van der Waals surface area contributed by atoms with E-state index in [-0.39, 0.29) is 17.3 Å². The van der Waals surface area contributed by atoms with E-state index < -0.39 is 10.8 Å². The first kappa shape index (κ1) is 12.3. The average molecular weight is 266 g/mol. The monoisotopic (exact) mass is 265 g/mol. The highest BCUT2D eigenvalue weighted by Gasteiger charge is 2.18. The first-order valence-corrected chi connectivity index (χ1v) is 5.55. The van der Waals surface area contributed by atoms with Crippen LogP contribution in [0.2, 0.25) is 0 Å². The maximum absolute atomic E-state index is 11.3. The number of rotatable bonds is 3. The molecule has 0 aliphatic heterocycles. The summed E-state index contributed by atoms with van der Waals surface area (Å²) in [6.45, 7) is 0. The molecule has 0 bridgehead atoms. The van der Waals surface area contributed by atoms with E-state index in [1.807, 2.05) is 0 Å². The largest absolute Gasteiger partial charge is 0.319 e. The number of amides is 1. The van der Waals surface area contributed by atoms with Crippen molar-refractivity contribution in [3.63, 3.8) is 0 Å². The van der Waals surface area contributed by atoms with Gasteiger partial charge in [-0.05, 0) is 18.2 Å². The Kier molecular flexibility index (Phi) is 3.38. The zero-order valence-electron chi connectivity index (χ0n) is 9.09. The molecule has 0 atom stereocenters. The molecule has 0 radical (unpaired) electrons. The van der Waals surface area contributed by atoms with E-state index in [1.54, 1.807) is 18.3 Å². The zero-order chi connectivity index (χ0) is 13.1. The molecule has 0 saturated carbocycles. The molecule has 1 aromatic heterocycles. The predicted molar refractivity (Wildman–Crippen MR) is 67.7 cm³/mol. The molecule has 0 unspecified atom stereocenters. The van der Waals surface area contributed by atoms with Crippen LogP contribution in [0, 0.1) is 10.1 Å². The minimum absolute atomic E-state index is 0.122. The van der Waals surface area contributed by atoms with Crippen LogP contribution in [-0.4, -0.2) is 21.7 Å². The SMILES string of the molecule is O=C(CCl)Nc1c([N+](=O)[O-])ccc2ncccc12. The summed E-state index contributed by atoms with van der Waals surface area (Å²) in [4.78, 5) is 25.8. The molecular weight excluding hydrogens is 258 g/mol. The fraction of sp³-hybridized carbons (Fsp3) is 0.0909. The molecule has 0 aliphatic rings. The Morgan fingerprint density at radius 1 is 1.44 bits per heavy atom. The summed E-state index contributed by atoms with van der Waals surface area (Å²) in [5.74, 6) is -0.774. The Hall–Kier alpha value is -2.21. The van der Waals surface area contributed by atoms with Crippen molar-refractivity contribution < 1.29 is 9.72 Å². The second-order valence-corrected chi connectivity index (χ2v) is 3.74. The number of carbonyl (C=O) groups excluding carboxylic acids is 1. The van der Waals surface area contributed by atoms with Gasteiger partial charge in [-0.3, -0.25) is 19.9 Å². The quantitative estimate of drug-likeness (QED) is 0.524. The second kappa shape index (κ2) is 4.97. The van der Waals surface area contributed by atoms with E-state index in [9.17, 15) is 14.9 Å². The normalized spacial score (nSPS) is 10.3. The molecule has 0 saturated heterocycles. The Morgan fingerprint density at radius 2 is 2.22 bits per heavy atom. The minimum Gasteiger partial charge on any atom is -0.319 e. The number of hydrogen-bond donors (Lipinski definition) is 1. The molecule has 18 heavy (non-hydrogen) atoms. The first-order valence-electron chi connectivity index (χ1n) is 5.01. The number of nitro groups is 1. The summed E-state index contributed by atoms with van der Waals surface area (Å²) in [7, 11) is 0. The van der Waals surface area contributed by atoms with E-state index >= 15 is 0 Å². The number of anilines is 1. The van der Waals surface area contributed by atoms with Crippen LogP contribution in [0.5, 0.6) is 0 Å². The first-order chi connectivity index (χ1) is 8.63. The molecule has 0 fully saturated rings. The van der Waals surface area contributed by atoms with Crippen LogP contribution >= 0.6 is 11.6 Å². The Bertz CT molecular complexity index is 630. The molecule has 1 amide bonds. The molecule has 0 spiro atoms. The number of pyridine rings is 1. The van der Waals surface area contributed by atoms with Crippen molar-refractivity contribution in [1.82, 2.24) is 4.98 Å². The molecular formula is C11H8ClN3O3. The van der Waals surface area contributed by atoms with Gasteiger partial charge in [0.05, 0.1) is 10.4 Å². The number of fused-ring (bicyclic) bond motifs is 1. The van der Waals surface area contributed by atoms with Crippen molar-refractivity contribution in [1.29, 1.82) is 0 Å². The number of benzene rings is 1. The topological polar surface area (TPSA) is 85.1 Å². The van der Waals surface area contributed by atoms with Crippen molar-refractivity contribution in [3.8, 4) is 0 Å². The summed E-state index contributed by atoms with van der Waals surface area (Å²) in [6, 6.07) is 6.13. The molecule has 0 aliphatic carbocycles. The van der Waals surface area contributed by atoms with Gasteiger partial charge in [-0.2, -0.15) is 0 Å². The fourth-order valence-corrected chi connectivity index (χ4v) is 1.66. The highest BCUT2D eigenvalue weighted by Crippen LogP contribution is 2.31. The summed E-state index contributed by atoms with van der Waals surface area (Å²) in [5, 5.41) is 13.9. The smallest absolute Gasteiger partial charge is 0.293 e. The Labute approximate surface area is 107 Å². The van der Waals surface area contributed by atoms with Crippen molar-refractivity contribution in [2.45, 2.75) is 0 Å². The van der Waals surface area contributed by atoms with Gasteiger partial charge in [-0.1, -0.05) is 0 Å². The van der Waals surface area contributed by atoms with Gasteiger partial charge in [0.1, 0.15) is 11.6 Å². The van der Waals surface area contributed by atoms with E-state index in [2.05, 4.69) is 10.3 Å². The van der Waals surface area contributed by atoms with Crippen LogP contribution in [0.4, 0.5) is 11.4 Å². The van der Waals surface area contributed by atoms with Crippen LogP contribution in [0.3, 0.4) is 0 Å². The lowest BCUT2D eigenvalue weighted by Gasteiger charge is -2.07. The third-order valence-electron chi connectivity index (χ3n) is 2.35. The lowest BCUT2D eigenvalue weighted by atomic mass is 10.1. The number of hydrogen-bond acceptors (Lipinski definition) is 4. The van der Waals surface area contributed by atoms with E-state index in [0.717, 1.165) is 0 Å². The fourth-order valence-electron chi connectivity index (χ4n) is 1.60. The highest BCUT2D eigenvalue weighted by molar-refractivity contribution is 6.29. The van der Waals surface area contributed by atoms with E-state index in [0.29, 0.717) is 10.9 Å². The molecule has 92 valence electrons. The van der Waals surface area contributed by atoms with Crippen molar-refractivity contribution in [3.05, 3.63) is 40.6 Å². The van der Waals surface area contributed by atoms with Gasteiger partial charge in [-0.15, -0.1) is 11.6 Å². The van der Waals surface area contributed by atoms with Gasteiger partial charge in [0.2, 0.25) is 5.91 Å². The van der Waals surface area contributed by atoms with Crippen LogP contribution < -0.4 is 5.32 Å². The molecule has 2 rings (SSSR count). The van der Waals surface area contributed by atoms with Gasteiger partial charge in [-0.25, -0.2) is 0 Å². The Balaban J connectivity index is 2.66. The van der Waals surface area contributed by atoms with Gasteiger partial charge >= 0.3 is 0 Å². The molecule has 1 N–H and O–H groups in total. The van der Waals surface area contributed by atoms with Crippen molar-refractivity contribution >= 4 is 39.8 Å². The van der Waals surface area contributed by atoms with Crippen LogP contribution in [0.1, 0.15) is 0 Å². The molecule has 1 heterocycles. The summed E-state index contributed by atoms with van der Waals surface area (Å²) in [5.41, 5.74) is 0.498. The number of nitrogens with one attached hydrogen (secondary N) is 1. The lowest BCUT2D eigenvalue weighted by molar-refractivity contribution is -0.383. The number of halogens is 1. The molecule has 6 nitrogen and oxygen atoms in total. The number of carbonyl (C=O) groups is 1. The molecule has 7 heteroatoms. The lowest BCUT2D eigenvalue weighted by Crippen LogP contribution is -2.14. The van der Waals surface area contributed by atoms with Gasteiger partial charge in [0.25, 0.3) is 5.69 Å². The maximum Gasteiger partial charge on any atom is 0.293 e. The van der Waals surface area contributed by atoms with Gasteiger partial charge in [0, 0.05) is 17.6 Å². The highest BCUT2D eigenvalue weighted by atomic mass is 35.5. The van der Waals surface area contributed by atoms with Crippen molar-refractivity contribution in [2.24, 2.45) is 0 Å². The third-order valence-corrected chi connectivity index (χ3v) is 2.59. The second-order valence-electron chi connectivity index (χ2n) is 3.47. The predicted octanol–water partition coefficient (Wildman–Crippen LogP) is 2.32. The van der Waals surface area contributed by atoms with Gasteiger partial charge < -0.3 is 5.32 Å². The molecule has 1 aromatic carbocycles. The minimum atomic E-state index is -0.559. The van der Waals surface area contributed by atoms with Crippen LogP contribution in [-0.2, 0) is 4.79 Å². The summed E-state index contributed by atoms with van der Waals surface area (Å²) in [6.07, 6.45) is 1.57. The van der Waals surface area contributed by atoms with E-state index in [1.165, 1.54) is 12.1 Å². The number of alkyl halides is 1. The molecule has 2 aromatic rings. The maximum atomic E-state index is 11.3. The number of nitrogens with zero attached hydrogens (tertiary/aromatic N) is 2. The number of nitro benzene ring substituents is 1. The van der Waals surface area contributed by atoms with Gasteiger partial charge in [0.15, 0.2) is 0 Å². The average Bonchev–Trinajstić information content (AvgIpc) is 2.38. The standard InChI is InChI=1S/C11H8ClN3O3/c12-6-10(16)14-11-7-2-1-5-13-8(7)3-4-9(11)15(17)18/h1-5H,6H2,(H,14,16). The summed E-state index contributed by atoms with van der Waals surface area (Å²) < 4.78 is 0. The van der Waals surface area contributed by atoms with Crippen LogP contribution in [0.25, 0.3) is 10.9 Å². The van der Waals surface area contributed by atoms with E-state index in [4.69, 9.17) is 11.6 Å². The van der Waals surface area contributed by atoms with Crippen LogP contribution in [0.15, 0.2) is 30.5 Å². The Morgan fingerprint density at radius 3 is 2.89 bits per heavy atom. The summed E-state index contributed by atoms with van der Waals surface area (Å²) >= 11 is 5.39. The number of aromatic nitrogens is 1. The van der Waals surface area contributed by atoms with Crippen molar-refractivity contribution in [2.75, 3.05) is 11.2 Å².